The lowest BCUT2D eigenvalue weighted by Crippen LogP contribution is -2.26. The van der Waals surface area contributed by atoms with Crippen molar-refractivity contribution in [1.29, 1.82) is 0 Å². The zero-order valence-electron chi connectivity index (χ0n) is 17.7. The fraction of sp³-hybridized carbons (Fsp3) is 0.478. The lowest BCUT2D eigenvalue weighted by atomic mass is 9.95. The molecule has 4 nitrogen and oxygen atoms in total. The molecule has 0 radical (unpaired) electrons. The van der Waals surface area contributed by atoms with E-state index in [4.69, 9.17) is 0 Å². The standard InChI is InChI=1S/C22H28N2O2S.CH3I/c1-4-24-14-19-13-22(19,15-24)18-7-9-20(10-8-18)23-27(25,26)21-11-5-17(6-12-21)16(2)3;1-2/h5-12,16,19,23H,4,13-15H2,1-3H3;1H3/t19-,22?;/m1./s1. The minimum Gasteiger partial charge on any atom is -0.302 e. The van der Waals surface area contributed by atoms with Crippen molar-refractivity contribution in [3.8, 4) is 0 Å². The molecule has 1 N–H and O–H groups in total. The summed E-state index contributed by atoms with van der Waals surface area (Å²) in [5.41, 5.74) is 3.40. The summed E-state index contributed by atoms with van der Waals surface area (Å²) in [4.78, 5) is 4.77. The van der Waals surface area contributed by atoms with Crippen molar-refractivity contribution in [2.75, 3.05) is 29.3 Å². The van der Waals surface area contributed by atoms with Crippen LogP contribution in [0.15, 0.2) is 53.4 Å². The van der Waals surface area contributed by atoms with Crippen molar-refractivity contribution >= 4 is 38.3 Å². The number of hydrogen-bond acceptors (Lipinski definition) is 3. The van der Waals surface area contributed by atoms with E-state index in [0.29, 0.717) is 21.9 Å². The smallest absolute Gasteiger partial charge is 0.261 e. The van der Waals surface area contributed by atoms with Crippen LogP contribution in [0.1, 0.15) is 44.2 Å². The third kappa shape index (κ3) is 4.64. The number of nitrogens with zero attached hydrogens (tertiary/aromatic N) is 1. The number of likely N-dealkylation sites (N-methyl/N-ethyl adjacent to an activating group) is 1. The number of nitrogens with one attached hydrogen (secondary N) is 1. The Morgan fingerprint density at radius 2 is 1.72 bits per heavy atom. The second kappa shape index (κ2) is 8.94. The quantitative estimate of drug-likeness (QED) is 0.413. The highest BCUT2D eigenvalue weighted by Crippen LogP contribution is 2.58. The average Bonchev–Trinajstić information content (AvgIpc) is 3.30. The predicted molar refractivity (Wildman–Crippen MR) is 130 cm³/mol. The number of benzene rings is 2. The fourth-order valence-electron chi connectivity index (χ4n) is 4.39. The van der Waals surface area contributed by atoms with Gasteiger partial charge in [0.15, 0.2) is 0 Å². The molecule has 1 heterocycles. The first kappa shape index (κ1) is 22.6. The van der Waals surface area contributed by atoms with Gasteiger partial charge in [0.2, 0.25) is 0 Å². The number of rotatable bonds is 6. The van der Waals surface area contributed by atoms with Gasteiger partial charge in [-0.25, -0.2) is 8.42 Å². The first-order chi connectivity index (χ1) is 13.8. The van der Waals surface area contributed by atoms with E-state index in [1.54, 1.807) is 12.1 Å². The lowest BCUT2D eigenvalue weighted by molar-refractivity contribution is 0.314. The van der Waals surface area contributed by atoms with Crippen molar-refractivity contribution in [1.82, 2.24) is 4.90 Å². The molecule has 6 heteroatoms. The molecular formula is C23H31IN2O2S. The van der Waals surface area contributed by atoms with Gasteiger partial charge in [0, 0.05) is 24.2 Å². The molecule has 0 amide bonds. The minimum atomic E-state index is -3.56. The number of sulfonamides is 1. The van der Waals surface area contributed by atoms with E-state index in [-0.39, 0.29) is 0 Å². The minimum absolute atomic E-state index is 0.297. The predicted octanol–water partition coefficient (Wildman–Crippen LogP) is 5.26. The van der Waals surface area contributed by atoms with Crippen LogP contribution in [0, 0.1) is 5.92 Å². The molecule has 2 fully saturated rings. The van der Waals surface area contributed by atoms with Crippen LogP contribution in [0.25, 0.3) is 0 Å². The molecule has 0 aromatic heterocycles. The monoisotopic (exact) mass is 526 g/mol. The van der Waals surface area contributed by atoms with E-state index in [0.717, 1.165) is 24.6 Å². The number of hydrogen-bond donors (Lipinski definition) is 1. The maximum Gasteiger partial charge on any atom is 0.261 e. The van der Waals surface area contributed by atoms with Crippen molar-refractivity contribution in [3.05, 3.63) is 59.7 Å². The maximum atomic E-state index is 12.7. The summed E-state index contributed by atoms with van der Waals surface area (Å²) in [6, 6.07) is 15.1. The highest BCUT2D eigenvalue weighted by atomic mass is 127. The Balaban J connectivity index is 0.00000117. The van der Waals surface area contributed by atoms with Crippen LogP contribution in [0.3, 0.4) is 0 Å². The molecule has 158 valence electrons. The van der Waals surface area contributed by atoms with Gasteiger partial charge in [0.25, 0.3) is 10.0 Å². The molecule has 29 heavy (non-hydrogen) atoms. The summed E-state index contributed by atoms with van der Waals surface area (Å²) >= 11 is 2.15. The lowest BCUT2D eigenvalue weighted by Gasteiger charge is -2.19. The zero-order valence-corrected chi connectivity index (χ0v) is 20.6. The Morgan fingerprint density at radius 3 is 2.24 bits per heavy atom. The van der Waals surface area contributed by atoms with E-state index < -0.39 is 10.0 Å². The molecule has 4 rings (SSSR count). The normalized spacial score (nSPS) is 23.3. The summed E-state index contributed by atoms with van der Waals surface area (Å²) in [5.74, 6) is 1.14. The molecule has 2 aromatic rings. The van der Waals surface area contributed by atoms with Gasteiger partial charge >= 0.3 is 0 Å². The van der Waals surface area contributed by atoms with Gasteiger partial charge in [-0.3, -0.25) is 4.72 Å². The number of halogens is 1. The fourth-order valence-corrected chi connectivity index (χ4v) is 5.45. The number of piperidine rings is 1. The third-order valence-corrected chi connectivity index (χ3v) is 7.63. The van der Waals surface area contributed by atoms with Crippen molar-refractivity contribution in [3.63, 3.8) is 0 Å². The third-order valence-electron chi connectivity index (χ3n) is 6.23. The van der Waals surface area contributed by atoms with Crippen LogP contribution in [0.4, 0.5) is 5.69 Å². The molecule has 1 unspecified atom stereocenters. The summed E-state index contributed by atoms with van der Waals surface area (Å²) in [6.07, 6.45) is 1.26. The van der Waals surface area contributed by atoms with E-state index in [2.05, 4.69) is 65.1 Å². The summed E-state index contributed by atoms with van der Waals surface area (Å²) in [6.45, 7) is 9.82. The van der Waals surface area contributed by atoms with E-state index in [9.17, 15) is 8.42 Å². The molecule has 2 atom stereocenters. The first-order valence-electron chi connectivity index (χ1n) is 10.2. The van der Waals surface area contributed by atoms with Crippen LogP contribution in [0.2, 0.25) is 0 Å². The average molecular weight is 526 g/mol. The van der Waals surface area contributed by atoms with Crippen LogP contribution < -0.4 is 4.72 Å². The highest BCUT2D eigenvalue weighted by molar-refractivity contribution is 14.1. The second-order valence-electron chi connectivity index (χ2n) is 8.29. The maximum absolute atomic E-state index is 12.7. The molecule has 1 aliphatic heterocycles. The molecule has 1 aliphatic carbocycles. The van der Waals surface area contributed by atoms with Crippen LogP contribution >= 0.6 is 22.6 Å². The van der Waals surface area contributed by atoms with E-state index in [1.807, 2.05) is 29.2 Å². The molecule has 2 aliphatic rings. The molecule has 0 spiro atoms. The Hall–Kier alpha value is -1.12. The van der Waals surface area contributed by atoms with Gasteiger partial charge in [-0.2, -0.15) is 0 Å². The molecule has 1 saturated heterocycles. The van der Waals surface area contributed by atoms with Gasteiger partial charge < -0.3 is 4.90 Å². The van der Waals surface area contributed by atoms with Crippen LogP contribution in [-0.4, -0.2) is 37.9 Å². The van der Waals surface area contributed by atoms with Crippen LogP contribution in [-0.2, 0) is 15.4 Å². The summed E-state index contributed by atoms with van der Waals surface area (Å²) < 4.78 is 28.0. The Labute approximate surface area is 189 Å². The van der Waals surface area contributed by atoms with Gasteiger partial charge in [0.1, 0.15) is 0 Å². The number of likely N-dealkylation sites (tertiary alicyclic amines) is 1. The van der Waals surface area contributed by atoms with Gasteiger partial charge in [-0.15, -0.1) is 0 Å². The van der Waals surface area contributed by atoms with Gasteiger partial charge in [-0.05, 0) is 65.1 Å². The number of alkyl halides is 1. The van der Waals surface area contributed by atoms with Crippen LogP contribution in [0.5, 0.6) is 0 Å². The molecule has 0 bridgehead atoms. The van der Waals surface area contributed by atoms with Crippen molar-refractivity contribution in [2.45, 2.75) is 43.4 Å². The Kier molecular flexibility index (Phi) is 6.95. The van der Waals surface area contributed by atoms with E-state index >= 15 is 0 Å². The summed E-state index contributed by atoms with van der Waals surface area (Å²) in [7, 11) is -3.56. The summed E-state index contributed by atoms with van der Waals surface area (Å²) in [5, 5.41) is 0. The SMILES string of the molecule is CCN1C[C@H]2CC2(c2ccc(NS(=O)(=O)c3ccc(C(C)C)cc3)cc2)C1.CI. The zero-order chi connectivity index (χ0) is 21.2. The second-order valence-corrected chi connectivity index (χ2v) is 9.97. The largest absolute Gasteiger partial charge is 0.302 e. The van der Waals surface area contributed by atoms with Gasteiger partial charge in [-0.1, -0.05) is 67.6 Å². The Bertz CT molecular complexity index is 926. The molecular weight excluding hydrogens is 495 g/mol. The molecule has 2 aromatic carbocycles. The van der Waals surface area contributed by atoms with Gasteiger partial charge in [0.05, 0.1) is 4.90 Å². The number of fused-ring (bicyclic) bond motifs is 1. The van der Waals surface area contributed by atoms with E-state index in [1.165, 1.54) is 18.5 Å². The molecule has 1 saturated carbocycles. The van der Waals surface area contributed by atoms with Crippen molar-refractivity contribution in [2.24, 2.45) is 5.92 Å². The van der Waals surface area contributed by atoms with Crippen molar-refractivity contribution < 1.29 is 8.42 Å². The first-order valence-corrected chi connectivity index (χ1v) is 13.8. The highest BCUT2D eigenvalue weighted by Gasteiger charge is 2.60. The topological polar surface area (TPSA) is 49.4 Å². The number of anilines is 1. The Morgan fingerprint density at radius 1 is 1.10 bits per heavy atom.